The maximum Gasteiger partial charge on any atom is 0.231 e. The van der Waals surface area contributed by atoms with E-state index >= 15 is 0 Å². The molecule has 0 amide bonds. The van der Waals surface area contributed by atoms with Crippen LogP contribution in [0.3, 0.4) is 0 Å². The fourth-order valence-corrected chi connectivity index (χ4v) is 3.08. The second-order valence-corrected chi connectivity index (χ2v) is 6.52. The number of piperidine rings is 1. The van der Waals surface area contributed by atoms with Gasteiger partial charge in [-0.2, -0.15) is 4.98 Å². The molecule has 0 unspecified atom stereocenters. The molecule has 2 N–H and O–H groups in total. The van der Waals surface area contributed by atoms with Crippen LogP contribution in [0.4, 0.5) is 11.8 Å². The van der Waals surface area contributed by atoms with Gasteiger partial charge in [0.05, 0.1) is 12.8 Å². The Morgan fingerprint density at radius 3 is 3.04 bits per heavy atom. The Morgan fingerprint density at radius 2 is 2.29 bits per heavy atom. The molecule has 2 aromatic heterocycles. The van der Waals surface area contributed by atoms with E-state index < -0.39 is 0 Å². The third-order valence-electron chi connectivity index (χ3n) is 4.17. The average Bonchev–Trinajstić information content (AvgIpc) is 3.06. The van der Waals surface area contributed by atoms with E-state index in [-0.39, 0.29) is 0 Å². The fraction of sp³-hybridized carbons (Fsp3) is 0.471. The van der Waals surface area contributed by atoms with Crippen molar-refractivity contribution in [3.8, 4) is 0 Å². The van der Waals surface area contributed by atoms with Crippen LogP contribution >= 0.6 is 12.2 Å². The normalized spacial score (nSPS) is 17.6. The number of rotatable bonds is 4. The van der Waals surface area contributed by atoms with Crippen LogP contribution in [0.2, 0.25) is 0 Å². The van der Waals surface area contributed by atoms with Gasteiger partial charge in [-0.1, -0.05) is 0 Å². The van der Waals surface area contributed by atoms with Crippen LogP contribution in [-0.4, -0.2) is 27.7 Å². The Morgan fingerprint density at radius 1 is 1.42 bits per heavy atom. The molecule has 1 aliphatic rings. The summed E-state index contributed by atoms with van der Waals surface area (Å²) in [6, 6.07) is 6.29. The number of furan rings is 1. The van der Waals surface area contributed by atoms with E-state index in [1.807, 2.05) is 25.1 Å². The number of thiocarbonyl (C=S) groups is 1. The molecule has 1 atom stereocenters. The predicted octanol–water partition coefficient (Wildman–Crippen LogP) is 3.24. The minimum absolute atomic E-state index is 0.481. The molecular formula is C17H23N5OS. The predicted molar refractivity (Wildman–Crippen MR) is 99.2 cm³/mol. The highest BCUT2D eigenvalue weighted by atomic mass is 32.1. The van der Waals surface area contributed by atoms with Crippen LogP contribution in [0.25, 0.3) is 0 Å². The molecule has 3 rings (SSSR count). The SMILES string of the molecule is Cc1cc(N2CCCC[C@@H]2C)nc(NC(=S)NCc2ccco2)n1. The van der Waals surface area contributed by atoms with Crippen molar-refractivity contribution in [2.45, 2.75) is 45.7 Å². The number of aromatic nitrogens is 2. The third-order valence-corrected chi connectivity index (χ3v) is 4.41. The van der Waals surface area contributed by atoms with E-state index in [2.05, 4.69) is 32.4 Å². The van der Waals surface area contributed by atoms with Crippen LogP contribution in [0.15, 0.2) is 28.9 Å². The number of aryl methyl sites for hydroxylation is 1. The summed E-state index contributed by atoms with van der Waals surface area (Å²) in [5.74, 6) is 2.32. The first-order valence-electron chi connectivity index (χ1n) is 8.31. The molecule has 1 saturated heterocycles. The Hall–Kier alpha value is -2.15. The van der Waals surface area contributed by atoms with Crippen molar-refractivity contribution in [2.75, 3.05) is 16.8 Å². The Bertz CT molecular complexity index is 688. The first-order chi connectivity index (χ1) is 11.6. The fourth-order valence-electron chi connectivity index (χ4n) is 2.92. The summed E-state index contributed by atoms with van der Waals surface area (Å²) in [7, 11) is 0. The van der Waals surface area contributed by atoms with Gasteiger partial charge in [0.15, 0.2) is 5.11 Å². The maximum absolute atomic E-state index is 5.32. The molecule has 2 aromatic rings. The lowest BCUT2D eigenvalue weighted by Crippen LogP contribution is -2.38. The zero-order valence-corrected chi connectivity index (χ0v) is 14.9. The number of hydrogen-bond acceptors (Lipinski definition) is 5. The van der Waals surface area contributed by atoms with Crippen LogP contribution in [0.5, 0.6) is 0 Å². The quantitative estimate of drug-likeness (QED) is 0.825. The van der Waals surface area contributed by atoms with E-state index in [0.717, 1.165) is 23.8 Å². The number of nitrogens with zero attached hydrogens (tertiary/aromatic N) is 3. The molecule has 0 bridgehead atoms. The van der Waals surface area contributed by atoms with Gasteiger partial charge >= 0.3 is 0 Å². The van der Waals surface area contributed by atoms with Gasteiger partial charge in [-0.05, 0) is 57.5 Å². The topological polar surface area (TPSA) is 66.2 Å². The van der Waals surface area contributed by atoms with E-state index in [0.29, 0.717) is 23.6 Å². The second kappa shape index (κ2) is 7.61. The molecular weight excluding hydrogens is 322 g/mol. The van der Waals surface area contributed by atoms with Crippen LogP contribution < -0.4 is 15.5 Å². The molecule has 24 heavy (non-hydrogen) atoms. The Labute approximate surface area is 147 Å². The summed E-state index contributed by atoms with van der Waals surface area (Å²) in [5, 5.41) is 6.64. The number of anilines is 2. The van der Waals surface area contributed by atoms with Crippen molar-refractivity contribution in [3.63, 3.8) is 0 Å². The highest BCUT2D eigenvalue weighted by molar-refractivity contribution is 7.80. The monoisotopic (exact) mass is 345 g/mol. The first kappa shape index (κ1) is 16.7. The zero-order valence-electron chi connectivity index (χ0n) is 14.1. The van der Waals surface area contributed by atoms with E-state index in [9.17, 15) is 0 Å². The first-order valence-corrected chi connectivity index (χ1v) is 8.72. The smallest absolute Gasteiger partial charge is 0.231 e. The van der Waals surface area contributed by atoms with Crippen molar-refractivity contribution in [2.24, 2.45) is 0 Å². The molecule has 1 aliphatic heterocycles. The van der Waals surface area contributed by atoms with Crippen molar-refractivity contribution < 1.29 is 4.42 Å². The molecule has 0 aromatic carbocycles. The van der Waals surface area contributed by atoms with Crippen LogP contribution in [-0.2, 0) is 6.54 Å². The molecule has 128 valence electrons. The lowest BCUT2D eigenvalue weighted by molar-refractivity contribution is 0.481. The van der Waals surface area contributed by atoms with Crippen molar-refractivity contribution in [3.05, 3.63) is 35.9 Å². The summed E-state index contributed by atoms with van der Waals surface area (Å²) in [6.07, 6.45) is 5.34. The molecule has 0 spiro atoms. The average molecular weight is 345 g/mol. The Balaban J connectivity index is 1.65. The molecule has 1 fully saturated rings. The third kappa shape index (κ3) is 4.23. The van der Waals surface area contributed by atoms with Crippen molar-refractivity contribution >= 4 is 29.1 Å². The van der Waals surface area contributed by atoms with Gasteiger partial charge in [-0.15, -0.1) is 0 Å². The van der Waals surface area contributed by atoms with Crippen molar-refractivity contribution in [1.82, 2.24) is 15.3 Å². The molecule has 0 saturated carbocycles. The number of hydrogen-bond donors (Lipinski definition) is 2. The molecule has 6 nitrogen and oxygen atoms in total. The van der Waals surface area contributed by atoms with Crippen LogP contribution in [0, 0.1) is 6.92 Å². The van der Waals surface area contributed by atoms with Crippen LogP contribution in [0.1, 0.15) is 37.6 Å². The minimum atomic E-state index is 0.481. The van der Waals surface area contributed by atoms with Gasteiger partial charge in [-0.3, -0.25) is 0 Å². The van der Waals surface area contributed by atoms with E-state index in [1.54, 1.807) is 6.26 Å². The zero-order chi connectivity index (χ0) is 16.9. The molecule has 7 heteroatoms. The summed E-state index contributed by atoms with van der Waals surface area (Å²) in [5.41, 5.74) is 0.925. The number of nitrogens with one attached hydrogen (secondary N) is 2. The van der Waals surface area contributed by atoms with Gasteiger partial charge < -0.3 is 20.0 Å². The highest BCUT2D eigenvalue weighted by Crippen LogP contribution is 2.24. The molecule has 0 aliphatic carbocycles. The molecule has 3 heterocycles. The lowest BCUT2D eigenvalue weighted by atomic mass is 10.0. The minimum Gasteiger partial charge on any atom is -0.467 e. The van der Waals surface area contributed by atoms with Gasteiger partial charge in [0.1, 0.15) is 11.6 Å². The lowest BCUT2D eigenvalue weighted by Gasteiger charge is -2.34. The van der Waals surface area contributed by atoms with Gasteiger partial charge in [0.2, 0.25) is 5.95 Å². The Kier molecular flexibility index (Phi) is 5.30. The van der Waals surface area contributed by atoms with E-state index in [1.165, 1.54) is 19.3 Å². The summed E-state index contributed by atoms with van der Waals surface area (Å²) >= 11 is 5.32. The standard InChI is InChI=1S/C17H23N5OS/c1-12-10-15(22-8-4-3-6-13(22)2)20-16(19-12)21-17(24)18-11-14-7-5-9-23-14/h5,7,9-10,13H,3-4,6,8,11H2,1-2H3,(H2,18,19,20,21,24)/t13-/m0/s1. The van der Waals surface area contributed by atoms with Crippen molar-refractivity contribution in [1.29, 1.82) is 0 Å². The van der Waals surface area contributed by atoms with Gasteiger partial charge in [-0.25, -0.2) is 4.98 Å². The summed E-state index contributed by atoms with van der Waals surface area (Å²) < 4.78 is 5.28. The van der Waals surface area contributed by atoms with Gasteiger partial charge in [0, 0.05) is 24.3 Å². The summed E-state index contributed by atoms with van der Waals surface area (Å²) in [4.78, 5) is 11.4. The second-order valence-electron chi connectivity index (χ2n) is 6.12. The maximum atomic E-state index is 5.32. The van der Waals surface area contributed by atoms with Gasteiger partial charge in [0.25, 0.3) is 0 Å². The molecule has 0 radical (unpaired) electrons. The largest absolute Gasteiger partial charge is 0.467 e. The highest BCUT2D eigenvalue weighted by Gasteiger charge is 2.20. The summed E-state index contributed by atoms with van der Waals surface area (Å²) in [6.45, 7) is 5.79. The van der Waals surface area contributed by atoms with E-state index in [4.69, 9.17) is 16.6 Å².